The van der Waals surface area contributed by atoms with Gasteiger partial charge in [0, 0.05) is 19.5 Å². The second-order valence-electron chi connectivity index (χ2n) is 8.53. The molecule has 1 unspecified atom stereocenters. The number of nitrogens with two attached hydrogens (primary N) is 1. The van der Waals surface area contributed by atoms with Crippen LogP contribution in [0.25, 0.3) is 0 Å². The Morgan fingerprint density at radius 2 is 1.26 bits per heavy atom. The molecule has 0 aromatic heterocycles. The zero-order valence-electron chi connectivity index (χ0n) is 20.2. The Bertz CT molecular complexity index is 471. The molecule has 0 fully saturated rings. The number of hydrogen-bond acceptors (Lipinski definition) is 3. The highest BCUT2D eigenvalue weighted by atomic mass is 16.2. The molecule has 0 radical (unpaired) electrons. The normalized spacial score (nSPS) is 11.7. The van der Waals surface area contributed by atoms with Gasteiger partial charge in [-0.05, 0) is 25.7 Å². The quantitative estimate of drug-likeness (QED) is 0.104. The fourth-order valence-electron chi connectivity index (χ4n) is 3.55. The Balaban J connectivity index is 4.16. The largest absolute Gasteiger partial charge is 0.370 e. The van der Waals surface area contributed by atoms with Crippen LogP contribution in [-0.4, -0.2) is 36.9 Å². The Morgan fingerprint density at radius 1 is 0.742 bits per heavy atom. The van der Waals surface area contributed by atoms with Crippen molar-refractivity contribution in [2.75, 3.05) is 13.1 Å². The zero-order chi connectivity index (χ0) is 23.2. The summed E-state index contributed by atoms with van der Waals surface area (Å²) in [4.78, 5) is 24.9. The van der Waals surface area contributed by atoms with Crippen LogP contribution in [0.1, 0.15) is 117 Å². The monoisotopic (exact) mass is 439 g/mol. The maximum absolute atomic E-state index is 12.5. The number of hydrogen-bond donors (Lipinski definition) is 5. The van der Waals surface area contributed by atoms with E-state index in [1.165, 1.54) is 51.4 Å². The summed E-state index contributed by atoms with van der Waals surface area (Å²) < 4.78 is 0. The third kappa shape index (κ3) is 19.9. The van der Waals surface area contributed by atoms with Crippen LogP contribution in [0.5, 0.6) is 0 Å². The Hall–Kier alpha value is -1.79. The van der Waals surface area contributed by atoms with Gasteiger partial charge >= 0.3 is 0 Å². The SMILES string of the molecule is CCCCCCCCCCCC(=O)NC(CCCNC(=N)N)C(=O)NCCCCCC. The van der Waals surface area contributed by atoms with Gasteiger partial charge in [-0.25, -0.2) is 0 Å². The Kier molecular flexibility index (Phi) is 20.2. The summed E-state index contributed by atoms with van der Waals surface area (Å²) in [7, 11) is 0. The van der Waals surface area contributed by atoms with Crippen LogP contribution in [0.3, 0.4) is 0 Å². The summed E-state index contributed by atoms with van der Waals surface area (Å²) in [6.07, 6.45) is 17.0. The van der Waals surface area contributed by atoms with Crippen molar-refractivity contribution < 1.29 is 9.59 Å². The summed E-state index contributed by atoms with van der Waals surface area (Å²) in [5, 5.41) is 15.8. The van der Waals surface area contributed by atoms with Crippen molar-refractivity contribution in [1.29, 1.82) is 5.41 Å². The van der Waals surface area contributed by atoms with E-state index in [0.29, 0.717) is 32.4 Å². The van der Waals surface area contributed by atoms with Gasteiger partial charge in [-0.1, -0.05) is 84.5 Å². The number of guanidine groups is 1. The van der Waals surface area contributed by atoms with Crippen LogP contribution in [0.4, 0.5) is 0 Å². The highest BCUT2D eigenvalue weighted by Gasteiger charge is 2.19. The Morgan fingerprint density at radius 3 is 1.84 bits per heavy atom. The molecule has 0 rings (SSSR count). The molecule has 0 spiro atoms. The van der Waals surface area contributed by atoms with Gasteiger partial charge in [0.2, 0.25) is 11.8 Å². The van der Waals surface area contributed by atoms with Crippen molar-refractivity contribution in [2.45, 2.75) is 123 Å². The fourth-order valence-corrected chi connectivity index (χ4v) is 3.55. The average Bonchev–Trinajstić information content (AvgIpc) is 2.74. The molecule has 0 aromatic carbocycles. The predicted octanol–water partition coefficient (Wildman–Crippen LogP) is 4.35. The first-order valence-electron chi connectivity index (χ1n) is 12.7. The lowest BCUT2D eigenvalue weighted by molar-refractivity contribution is -0.129. The van der Waals surface area contributed by atoms with Crippen molar-refractivity contribution in [1.82, 2.24) is 16.0 Å². The van der Waals surface area contributed by atoms with E-state index in [0.717, 1.165) is 32.1 Å². The molecule has 0 saturated carbocycles. The van der Waals surface area contributed by atoms with Crippen molar-refractivity contribution in [3.05, 3.63) is 0 Å². The van der Waals surface area contributed by atoms with Crippen molar-refractivity contribution >= 4 is 17.8 Å². The van der Waals surface area contributed by atoms with Crippen LogP contribution in [-0.2, 0) is 9.59 Å². The van der Waals surface area contributed by atoms with Gasteiger partial charge in [0.25, 0.3) is 0 Å². The average molecular weight is 440 g/mol. The van der Waals surface area contributed by atoms with Gasteiger partial charge < -0.3 is 21.7 Å². The first-order chi connectivity index (χ1) is 15.0. The standard InChI is InChI=1S/C24H49N5O2/c1-3-5-7-9-10-11-12-13-14-18-22(30)29-21(17-16-20-28-24(25)26)23(31)27-19-15-8-6-4-2/h21H,3-20H2,1-2H3,(H,27,31)(H,29,30)(H4,25,26,28). The summed E-state index contributed by atoms with van der Waals surface area (Å²) in [5.41, 5.74) is 5.30. The number of carbonyl (C=O) groups excluding carboxylic acids is 2. The summed E-state index contributed by atoms with van der Waals surface area (Å²) in [5.74, 6) is -0.236. The maximum atomic E-state index is 12.5. The number of carbonyl (C=O) groups is 2. The van der Waals surface area contributed by atoms with Gasteiger partial charge in [0.1, 0.15) is 6.04 Å². The molecular formula is C24H49N5O2. The molecule has 0 bridgehead atoms. The molecule has 0 heterocycles. The third-order valence-corrected chi connectivity index (χ3v) is 5.47. The van der Waals surface area contributed by atoms with E-state index in [1.807, 2.05) is 0 Å². The molecule has 6 N–H and O–H groups in total. The van der Waals surface area contributed by atoms with Crippen LogP contribution < -0.4 is 21.7 Å². The minimum absolute atomic E-state index is 0.0476. The fraction of sp³-hybridized carbons (Fsp3) is 0.875. The topological polar surface area (TPSA) is 120 Å². The third-order valence-electron chi connectivity index (χ3n) is 5.47. The molecule has 0 aromatic rings. The lowest BCUT2D eigenvalue weighted by Gasteiger charge is -2.19. The highest BCUT2D eigenvalue weighted by Crippen LogP contribution is 2.10. The molecule has 2 amide bonds. The second-order valence-corrected chi connectivity index (χ2v) is 8.53. The number of nitrogens with one attached hydrogen (secondary N) is 4. The van der Waals surface area contributed by atoms with E-state index in [2.05, 4.69) is 29.8 Å². The molecule has 7 heteroatoms. The highest BCUT2D eigenvalue weighted by molar-refractivity contribution is 5.87. The molecular weight excluding hydrogens is 390 g/mol. The molecule has 0 aliphatic rings. The van der Waals surface area contributed by atoms with E-state index < -0.39 is 6.04 Å². The Labute approximate surface area is 190 Å². The molecule has 0 aliphatic carbocycles. The second kappa shape index (κ2) is 21.4. The van der Waals surface area contributed by atoms with Crippen molar-refractivity contribution in [3.8, 4) is 0 Å². The molecule has 1 atom stereocenters. The van der Waals surface area contributed by atoms with Crippen molar-refractivity contribution in [3.63, 3.8) is 0 Å². The van der Waals surface area contributed by atoms with E-state index in [4.69, 9.17) is 11.1 Å². The van der Waals surface area contributed by atoms with Gasteiger partial charge in [0.15, 0.2) is 5.96 Å². The maximum Gasteiger partial charge on any atom is 0.242 e. The van der Waals surface area contributed by atoms with Crippen molar-refractivity contribution in [2.24, 2.45) is 5.73 Å². The lowest BCUT2D eigenvalue weighted by Crippen LogP contribution is -2.47. The smallest absolute Gasteiger partial charge is 0.242 e. The van der Waals surface area contributed by atoms with Gasteiger partial charge in [0.05, 0.1) is 0 Å². The number of rotatable bonds is 21. The van der Waals surface area contributed by atoms with Crippen LogP contribution in [0.15, 0.2) is 0 Å². The summed E-state index contributed by atoms with van der Waals surface area (Å²) in [6.45, 7) is 5.56. The lowest BCUT2D eigenvalue weighted by atomic mass is 10.1. The first-order valence-corrected chi connectivity index (χ1v) is 12.7. The molecule has 0 aliphatic heterocycles. The molecule has 31 heavy (non-hydrogen) atoms. The zero-order valence-corrected chi connectivity index (χ0v) is 20.2. The molecule has 182 valence electrons. The van der Waals surface area contributed by atoms with Gasteiger partial charge in [-0.15, -0.1) is 0 Å². The molecule has 0 saturated heterocycles. The minimum atomic E-state index is -0.522. The molecule has 7 nitrogen and oxygen atoms in total. The van der Waals surface area contributed by atoms with Crippen LogP contribution in [0.2, 0.25) is 0 Å². The van der Waals surface area contributed by atoms with Gasteiger partial charge in [-0.3, -0.25) is 15.0 Å². The number of unbranched alkanes of at least 4 members (excludes halogenated alkanes) is 11. The van der Waals surface area contributed by atoms with Gasteiger partial charge in [-0.2, -0.15) is 0 Å². The predicted molar refractivity (Wildman–Crippen MR) is 130 cm³/mol. The van der Waals surface area contributed by atoms with E-state index in [-0.39, 0.29) is 17.8 Å². The first kappa shape index (κ1) is 29.2. The summed E-state index contributed by atoms with van der Waals surface area (Å²) in [6, 6.07) is -0.522. The van der Waals surface area contributed by atoms with Crippen LogP contribution in [0, 0.1) is 5.41 Å². The van der Waals surface area contributed by atoms with E-state index in [9.17, 15) is 9.59 Å². The van der Waals surface area contributed by atoms with Crippen LogP contribution >= 0.6 is 0 Å². The van der Waals surface area contributed by atoms with E-state index in [1.54, 1.807) is 0 Å². The minimum Gasteiger partial charge on any atom is -0.370 e. The summed E-state index contributed by atoms with van der Waals surface area (Å²) >= 11 is 0. The number of amides is 2. The van der Waals surface area contributed by atoms with E-state index >= 15 is 0 Å².